The Bertz CT molecular complexity index is 409. The number of benzene rings is 1. The summed E-state index contributed by atoms with van der Waals surface area (Å²) in [4.78, 5) is 0. The first-order valence-corrected chi connectivity index (χ1v) is 8.87. The Kier molecular flexibility index (Phi) is 5.55. The third-order valence-corrected chi connectivity index (χ3v) is 5.04. The van der Waals surface area contributed by atoms with Gasteiger partial charge in [-0.1, -0.05) is 60.2 Å². The van der Waals surface area contributed by atoms with E-state index in [9.17, 15) is 0 Å². The van der Waals surface area contributed by atoms with Crippen LogP contribution >= 0.6 is 34.2 Å². The Hall–Kier alpha value is 0.200. The maximum absolute atomic E-state index is 6.31. The van der Waals surface area contributed by atoms with Gasteiger partial charge < -0.3 is 4.74 Å². The molecule has 1 aliphatic carbocycles. The Morgan fingerprint density at radius 1 is 1.37 bits per heavy atom. The molecule has 0 bridgehead atoms. The summed E-state index contributed by atoms with van der Waals surface area (Å²) in [5, 5.41) is 0.792. The molecular formula is C16H22ClIO. The van der Waals surface area contributed by atoms with Gasteiger partial charge in [0.05, 0.1) is 12.2 Å². The predicted octanol–water partition coefficient (Wildman–Crippen LogP) is 5.80. The lowest BCUT2D eigenvalue weighted by atomic mass is 9.76. The molecular weight excluding hydrogens is 371 g/mol. The first-order chi connectivity index (χ1) is 9.00. The van der Waals surface area contributed by atoms with E-state index in [-0.39, 0.29) is 6.10 Å². The van der Waals surface area contributed by atoms with Crippen LogP contribution < -0.4 is 0 Å². The summed E-state index contributed by atoms with van der Waals surface area (Å²) in [6, 6.07) is 8.06. The molecule has 1 atom stereocenters. The molecule has 0 aliphatic heterocycles. The van der Waals surface area contributed by atoms with Gasteiger partial charge in [-0.25, -0.2) is 0 Å². The van der Waals surface area contributed by atoms with Crippen molar-refractivity contribution in [1.29, 1.82) is 0 Å². The van der Waals surface area contributed by atoms with Crippen LogP contribution in [0.3, 0.4) is 0 Å². The number of hydrogen-bond acceptors (Lipinski definition) is 1. The highest BCUT2D eigenvalue weighted by Crippen LogP contribution is 2.38. The zero-order valence-electron chi connectivity index (χ0n) is 11.7. The molecule has 1 aromatic rings. The first-order valence-electron chi connectivity index (χ1n) is 6.97. The van der Waals surface area contributed by atoms with Crippen molar-refractivity contribution in [1.82, 2.24) is 0 Å². The Morgan fingerprint density at radius 2 is 2.05 bits per heavy atom. The smallest absolute Gasteiger partial charge is 0.0918 e. The van der Waals surface area contributed by atoms with Gasteiger partial charge in [0, 0.05) is 9.45 Å². The van der Waals surface area contributed by atoms with Crippen molar-refractivity contribution in [3.05, 3.63) is 34.9 Å². The van der Waals surface area contributed by atoms with Crippen LogP contribution in [0.4, 0.5) is 0 Å². The molecule has 0 N–H and O–H groups in total. The molecule has 1 unspecified atom stereocenters. The molecule has 0 aromatic heterocycles. The molecule has 3 heteroatoms. The average Bonchev–Trinajstić information content (AvgIpc) is 2.37. The topological polar surface area (TPSA) is 9.23 Å². The van der Waals surface area contributed by atoms with Gasteiger partial charge in [0.1, 0.15) is 0 Å². The van der Waals surface area contributed by atoms with Gasteiger partial charge in [-0.05, 0) is 48.8 Å². The van der Waals surface area contributed by atoms with Gasteiger partial charge in [-0.15, -0.1) is 0 Å². The van der Waals surface area contributed by atoms with E-state index >= 15 is 0 Å². The van der Waals surface area contributed by atoms with Crippen LogP contribution in [0.25, 0.3) is 0 Å². The van der Waals surface area contributed by atoms with Gasteiger partial charge in [-0.3, -0.25) is 0 Å². The second-order valence-corrected chi connectivity index (χ2v) is 7.51. The van der Waals surface area contributed by atoms with E-state index < -0.39 is 0 Å². The first kappa shape index (κ1) is 15.6. The molecule has 0 amide bonds. The number of ether oxygens (including phenoxy) is 1. The fourth-order valence-corrected chi connectivity index (χ4v) is 3.57. The molecule has 1 aromatic carbocycles. The molecule has 2 rings (SSSR count). The minimum Gasteiger partial charge on any atom is -0.369 e. The second-order valence-electron chi connectivity index (χ2n) is 6.20. The summed E-state index contributed by atoms with van der Waals surface area (Å²) in [5.41, 5.74) is 1.70. The molecule has 106 valence electrons. The SMILES string of the molecule is CC1(C)CCC(OC(CI)c2cccc(Cl)c2)CC1. The van der Waals surface area contributed by atoms with Crippen LogP contribution in [-0.4, -0.2) is 10.5 Å². The van der Waals surface area contributed by atoms with E-state index in [4.69, 9.17) is 16.3 Å². The lowest BCUT2D eigenvalue weighted by Crippen LogP contribution is -2.28. The number of alkyl halides is 1. The Morgan fingerprint density at radius 3 is 2.63 bits per heavy atom. The minimum atomic E-state index is 0.172. The third kappa shape index (κ3) is 4.61. The minimum absolute atomic E-state index is 0.172. The van der Waals surface area contributed by atoms with Crippen LogP contribution in [0, 0.1) is 5.41 Å². The lowest BCUT2D eigenvalue weighted by Gasteiger charge is -2.35. The van der Waals surface area contributed by atoms with Gasteiger partial charge in [-0.2, -0.15) is 0 Å². The maximum atomic E-state index is 6.31. The van der Waals surface area contributed by atoms with Crippen molar-refractivity contribution in [2.45, 2.75) is 51.7 Å². The maximum Gasteiger partial charge on any atom is 0.0918 e. The van der Waals surface area contributed by atoms with Crippen molar-refractivity contribution in [3.8, 4) is 0 Å². The van der Waals surface area contributed by atoms with Gasteiger partial charge in [0.25, 0.3) is 0 Å². The highest BCUT2D eigenvalue weighted by Gasteiger charge is 2.28. The summed E-state index contributed by atoms with van der Waals surface area (Å²) in [7, 11) is 0. The average molecular weight is 393 g/mol. The van der Waals surface area contributed by atoms with Crippen LogP contribution in [0.2, 0.25) is 5.02 Å². The summed E-state index contributed by atoms with van der Waals surface area (Å²) < 4.78 is 7.28. The molecule has 0 saturated heterocycles. The van der Waals surface area contributed by atoms with Gasteiger partial charge >= 0.3 is 0 Å². The van der Waals surface area contributed by atoms with Crippen molar-refractivity contribution >= 4 is 34.2 Å². The second kappa shape index (κ2) is 6.77. The Balaban J connectivity index is 1.97. The molecule has 1 fully saturated rings. The van der Waals surface area contributed by atoms with Crippen LogP contribution in [0.1, 0.15) is 51.2 Å². The highest BCUT2D eigenvalue weighted by atomic mass is 127. The summed E-state index contributed by atoms with van der Waals surface area (Å²) in [6.07, 6.45) is 5.47. The predicted molar refractivity (Wildman–Crippen MR) is 90.2 cm³/mol. The van der Waals surface area contributed by atoms with Gasteiger partial charge in [0.15, 0.2) is 0 Å². The molecule has 1 nitrogen and oxygen atoms in total. The lowest BCUT2D eigenvalue weighted by molar-refractivity contribution is -0.0357. The largest absolute Gasteiger partial charge is 0.369 e. The third-order valence-electron chi connectivity index (χ3n) is 4.00. The monoisotopic (exact) mass is 392 g/mol. The highest BCUT2D eigenvalue weighted by molar-refractivity contribution is 14.1. The molecule has 1 aliphatic rings. The summed E-state index contributed by atoms with van der Waals surface area (Å²) >= 11 is 8.47. The van der Waals surface area contributed by atoms with Crippen LogP contribution in [0.15, 0.2) is 24.3 Å². The van der Waals surface area contributed by atoms with E-state index in [0.29, 0.717) is 11.5 Å². The van der Waals surface area contributed by atoms with Crippen molar-refractivity contribution in [2.24, 2.45) is 5.41 Å². The fourth-order valence-electron chi connectivity index (χ4n) is 2.65. The summed E-state index contributed by atoms with van der Waals surface area (Å²) in [6.45, 7) is 4.71. The van der Waals surface area contributed by atoms with Gasteiger partial charge in [0.2, 0.25) is 0 Å². The van der Waals surface area contributed by atoms with E-state index in [1.807, 2.05) is 18.2 Å². The van der Waals surface area contributed by atoms with Crippen molar-refractivity contribution in [2.75, 3.05) is 4.43 Å². The standard InChI is InChI=1S/C16H22ClIO/c1-16(2)8-6-14(7-9-16)19-15(11-18)12-4-3-5-13(17)10-12/h3-5,10,14-15H,6-9,11H2,1-2H3. The molecule has 1 saturated carbocycles. The number of hydrogen-bond donors (Lipinski definition) is 0. The zero-order chi connectivity index (χ0) is 13.9. The fraction of sp³-hybridized carbons (Fsp3) is 0.625. The van der Waals surface area contributed by atoms with E-state index in [1.165, 1.54) is 31.2 Å². The molecule has 0 radical (unpaired) electrons. The number of halogens is 2. The molecule has 0 spiro atoms. The molecule has 19 heavy (non-hydrogen) atoms. The van der Waals surface area contributed by atoms with Crippen molar-refractivity contribution < 1.29 is 4.74 Å². The Labute approximate surface area is 135 Å². The normalized spacial score (nSPS) is 21.3. The van der Waals surface area contributed by atoms with Crippen LogP contribution in [-0.2, 0) is 4.74 Å². The zero-order valence-corrected chi connectivity index (χ0v) is 14.6. The summed E-state index contributed by atoms with van der Waals surface area (Å²) in [5.74, 6) is 0. The number of rotatable bonds is 4. The van der Waals surface area contributed by atoms with E-state index in [1.54, 1.807) is 0 Å². The quantitative estimate of drug-likeness (QED) is 0.464. The molecule has 0 heterocycles. The van der Waals surface area contributed by atoms with Crippen LogP contribution in [0.5, 0.6) is 0 Å². The van der Waals surface area contributed by atoms with Crippen molar-refractivity contribution in [3.63, 3.8) is 0 Å². The van der Waals surface area contributed by atoms with E-state index in [2.05, 4.69) is 42.5 Å². The van der Waals surface area contributed by atoms with E-state index in [0.717, 1.165) is 9.45 Å².